The molecule has 1 atom stereocenters. The van der Waals surface area contributed by atoms with Crippen molar-refractivity contribution in [2.75, 3.05) is 74.8 Å². The number of hydrogen-bond donors (Lipinski definition) is 5. The van der Waals surface area contributed by atoms with Gasteiger partial charge in [0.25, 0.3) is 0 Å². The summed E-state index contributed by atoms with van der Waals surface area (Å²) in [6, 6.07) is 112. The van der Waals surface area contributed by atoms with Crippen molar-refractivity contribution < 1.29 is 88.2 Å². The van der Waals surface area contributed by atoms with Crippen LogP contribution in [-0.2, 0) is 73.8 Å². The Morgan fingerprint density at radius 2 is 0.834 bits per heavy atom. The van der Waals surface area contributed by atoms with E-state index in [4.69, 9.17) is 43.0 Å². The molecule has 25 nitrogen and oxygen atoms in total. The molecule has 4 fully saturated rings. The largest absolute Gasteiger partial charge is 0.491 e. The fourth-order valence-electron chi connectivity index (χ4n) is 14.4. The standard InChI is InChI=1S/C19H21NO2.C19H21NO.C15H16O2.C13H13NO3S.C13H12O.C11H15NO2.C10H17NO3.C9H11NO2.C8H10FNO2S/c1-2-20(16-11-12-16)19(21)14-15-7-6-10-18(13-15)22-17-8-4-3-5-9-17;1-2-20(18-11-12-18)19(21)14-15-7-6-10-17(13-15)16-8-4-3-5-9-16;1-12-3-2-4-14(11-12)13-5-7-15(8-6-13)17-10-9-16;1-14-18(15,16)13-9-7-12(8-10-13)17-11-5-3-2-4-6-11;1-11-6-5-9-13(10-11)14-12-7-3-2-4-8-12;1-3-10(14-11(13)12-2)9-7-5-4-6-8-9;1-11(8-2-3-8)10(12)14-9-4-6-13-7-5-9;1-10-9(11)12-7-8-5-3-2-4-6-8;1-10-13(11,12)6-7-2-4-8(9)5-3-7/h3-10,13,16H,2,11-12,14H2,1H3;3-10,13,18H,2,11-12,14H2,1H3;2-8,11,16H,9-10H2,1H3;2-10,14H,1H3;2-10H,1H3;4-8,10H,3H2,1-2H3,(H,12,13);8-9H,2-7H2,1H3;2-6H,7H2,1H3,(H,10,11);2-5,10H,6H2,1H3. The number of hydrogen-bond acceptors (Lipinski definition) is 18. The first kappa shape index (κ1) is 114. The summed E-state index contributed by atoms with van der Waals surface area (Å²) in [4.78, 5) is 64.0. The van der Waals surface area contributed by atoms with Crippen LogP contribution in [0.15, 0.2) is 357 Å². The molecule has 1 saturated heterocycles. The molecule has 5 amide bonds. The van der Waals surface area contributed by atoms with E-state index in [0.717, 1.165) is 109 Å². The number of nitrogens with one attached hydrogen (secondary N) is 4. The second-order valence-corrected chi connectivity index (χ2v) is 37.8. The number of rotatable bonds is 31. The van der Waals surface area contributed by atoms with E-state index in [-0.39, 0.29) is 59.3 Å². The highest BCUT2D eigenvalue weighted by Crippen LogP contribution is 2.33. The van der Waals surface area contributed by atoms with Crippen LogP contribution in [0.5, 0.6) is 40.2 Å². The van der Waals surface area contributed by atoms with Gasteiger partial charge in [0.05, 0.1) is 43.3 Å². The molecule has 17 rings (SSSR count). The average molecular weight is 2010 g/mol. The molecule has 145 heavy (non-hydrogen) atoms. The van der Waals surface area contributed by atoms with Gasteiger partial charge in [-0.1, -0.05) is 255 Å². The van der Waals surface area contributed by atoms with Crippen molar-refractivity contribution in [3.05, 3.63) is 397 Å². The summed E-state index contributed by atoms with van der Waals surface area (Å²) in [5, 5.41) is 13.5. The number of alkyl carbamates (subject to hydrolysis) is 2. The molecular formula is C117H136FN7O18S2. The molecule has 28 heteroatoms. The van der Waals surface area contributed by atoms with Gasteiger partial charge >= 0.3 is 18.3 Å². The van der Waals surface area contributed by atoms with Gasteiger partial charge in [0, 0.05) is 65.2 Å². The van der Waals surface area contributed by atoms with Crippen LogP contribution in [0.3, 0.4) is 0 Å². The summed E-state index contributed by atoms with van der Waals surface area (Å²) in [5.41, 5.74) is 11.9. The number of likely N-dealkylation sites (N-methyl/N-ethyl adjacent to an activating group) is 2. The zero-order valence-electron chi connectivity index (χ0n) is 84.2. The highest BCUT2D eigenvalue weighted by molar-refractivity contribution is 7.89. The highest BCUT2D eigenvalue weighted by atomic mass is 32.2. The molecule has 13 aromatic rings. The van der Waals surface area contributed by atoms with Gasteiger partial charge in [0.15, 0.2) is 0 Å². The van der Waals surface area contributed by atoms with E-state index < -0.39 is 26.1 Å². The Labute approximate surface area is 854 Å². The van der Waals surface area contributed by atoms with Crippen LogP contribution >= 0.6 is 0 Å². The molecule has 0 bridgehead atoms. The van der Waals surface area contributed by atoms with E-state index in [0.29, 0.717) is 74.5 Å². The predicted molar refractivity (Wildman–Crippen MR) is 569 cm³/mol. The lowest BCUT2D eigenvalue weighted by Crippen LogP contribution is -2.34. The van der Waals surface area contributed by atoms with Crippen molar-refractivity contribution in [1.29, 1.82) is 0 Å². The SMILES string of the molecule is CCC(OC(=O)NC)c1ccccc1.CCN(C(=O)Cc1cccc(-c2ccccc2)c1)C1CC1.CCN(C(=O)Cc1cccc(Oc2ccccc2)c1)C1CC1.CN(C(=O)OC1CCOCC1)C1CC1.CNC(=O)OCc1ccccc1.CNS(=O)(=O)Cc1ccc(F)cc1.CNS(=O)(=O)c1ccc(Oc2ccccc2)cc1.Cc1cccc(-c2ccc(OCCO)cc2)c1.Cc1cccc(Oc2ccccc2)c1. The first-order valence-corrected chi connectivity index (χ1v) is 51.8. The molecule has 13 aromatic carbocycles. The Hall–Kier alpha value is -14.5. The number of nitrogens with zero attached hydrogens (tertiary/aromatic N) is 3. The molecule has 0 spiro atoms. The molecule has 4 aliphatic rings. The molecule has 1 heterocycles. The number of aliphatic hydroxyl groups is 1. The number of aliphatic hydroxyl groups excluding tert-OH is 1. The zero-order valence-corrected chi connectivity index (χ0v) is 85.9. The molecule has 766 valence electrons. The van der Waals surface area contributed by atoms with Crippen LogP contribution in [0.4, 0.5) is 18.8 Å². The number of aryl methyl sites for hydroxylation is 2. The number of para-hydroxylation sites is 3. The minimum atomic E-state index is -3.39. The maximum absolute atomic E-state index is 12.4. The number of amides is 5. The molecule has 1 unspecified atom stereocenters. The Morgan fingerprint density at radius 1 is 0.421 bits per heavy atom. The van der Waals surface area contributed by atoms with Gasteiger partial charge in [0.1, 0.15) is 71.5 Å². The first-order chi connectivity index (χ1) is 70.2. The quantitative estimate of drug-likeness (QED) is 0.0252. The lowest BCUT2D eigenvalue weighted by atomic mass is 10.0. The summed E-state index contributed by atoms with van der Waals surface area (Å²) >= 11 is 0. The topological polar surface area (TPSA) is 306 Å². The second kappa shape index (κ2) is 62.1. The smallest absolute Gasteiger partial charge is 0.410 e. The lowest BCUT2D eigenvalue weighted by molar-refractivity contribution is -0.131. The van der Waals surface area contributed by atoms with Crippen molar-refractivity contribution in [3.63, 3.8) is 0 Å². The molecule has 1 aliphatic heterocycles. The van der Waals surface area contributed by atoms with Crippen LogP contribution in [-0.4, -0.2) is 166 Å². The van der Waals surface area contributed by atoms with Crippen LogP contribution < -0.4 is 39.0 Å². The van der Waals surface area contributed by atoms with Crippen LogP contribution in [0, 0.1) is 19.7 Å². The Morgan fingerprint density at radius 3 is 1.30 bits per heavy atom. The van der Waals surface area contributed by atoms with Crippen LogP contribution in [0.2, 0.25) is 0 Å². The molecule has 0 aromatic heterocycles. The number of halogens is 1. The zero-order chi connectivity index (χ0) is 104. The van der Waals surface area contributed by atoms with Gasteiger partial charge in [-0.25, -0.2) is 45.1 Å². The molecule has 3 aliphatic carbocycles. The van der Waals surface area contributed by atoms with Crippen molar-refractivity contribution in [1.82, 2.24) is 34.8 Å². The minimum Gasteiger partial charge on any atom is -0.491 e. The summed E-state index contributed by atoms with van der Waals surface area (Å²) in [6.45, 7) is 14.0. The number of sulfonamides is 2. The van der Waals surface area contributed by atoms with Gasteiger partial charge in [-0.3, -0.25) is 9.59 Å². The number of carbonyl (C=O) groups excluding carboxylic acids is 5. The van der Waals surface area contributed by atoms with Crippen molar-refractivity contribution in [3.8, 4) is 62.5 Å². The fourth-order valence-corrected chi connectivity index (χ4v) is 15.9. The normalized spacial score (nSPS) is 12.8. The third-order valence-electron chi connectivity index (χ3n) is 22.6. The Kier molecular flexibility index (Phi) is 48.9. The van der Waals surface area contributed by atoms with Crippen molar-refractivity contribution in [2.45, 2.75) is 153 Å². The van der Waals surface area contributed by atoms with E-state index in [1.807, 2.05) is 279 Å². The Bertz CT molecular complexity index is 6220. The molecule has 5 N–H and O–H groups in total. The molecular weight excluding hydrogens is 1870 g/mol. The highest BCUT2D eigenvalue weighted by Gasteiger charge is 2.34. The Balaban J connectivity index is 0.000000183. The average Bonchev–Trinajstić information content (AvgIpc) is 1.64. The molecule has 0 radical (unpaired) electrons. The summed E-state index contributed by atoms with van der Waals surface area (Å²) in [6.07, 6.45) is 9.24. The van der Waals surface area contributed by atoms with Gasteiger partial charge in [-0.15, -0.1) is 0 Å². The summed E-state index contributed by atoms with van der Waals surface area (Å²) in [5.74, 6) is 5.40. The van der Waals surface area contributed by atoms with E-state index in [1.54, 1.807) is 24.1 Å². The third kappa shape index (κ3) is 43.3. The van der Waals surface area contributed by atoms with Gasteiger partial charge < -0.3 is 68.3 Å². The summed E-state index contributed by atoms with van der Waals surface area (Å²) < 4.78 is 105. The van der Waals surface area contributed by atoms with E-state index >= 15 is 0 Å². The lowest BCUT2D eigenvalue weighted by Gasteiger charge is -2.25. The van der Waals surface area contributed by atoms with E-state index in [1.165, 1.54) is 104 Å². The maximum Gasteiger partial charge on any atom is 0.410 e. The van der Waals surface area contributed by atoms with Gasteiger partial charge in [0.2, 0.25) is 31.9 Å². The van der Waals surface area contributed by atoms with Crippen LogP contribution in [0.1, 0.15) is 124 Å². The summed E-state index contributed by atoms with van der Waals surface area (Å²) in [7, 11) is 0.983. The fraction of sp³-hybridized carbons (Fsp3) is 0.291. The first-order valence-electron chi connectivity index (χ1n) is 48.7. The van der Waals surface area contributed by atoms with E-state index in [9.17, 15) is 45.2 Å². The number of ether oxygens (including phenoxy) is 8. The van der Waals surface area contributed by atoms with Crippen LogP contribution in [0.25, 0.3) is 22.3 Å². The number of benzene rings is 13. The van der Waals surface area contributed by atoms with Gasteiger partial charge in [-0.2, -0.15) is 0 Å². The maximum atomic E-state index is 12.4. The minimum absolute atomic E-state index is 0.0413. The van der Waals surface area contributed by atoms with Crippen molar-refractivity contribution >= 4 is 50.1 Å². The third-order valence-corrected chi connectivity index (χ3v) is 25.4. The van der Waals surface area contributed by atoms with Crippen molar-refractivity contribution in [2.24, 2.45) is 0 Å². The second-order valence-electron chi connectivity index (χ2n) is 34.0. The predicted octanol–water partition coefficient (Wildman–Crippen LogP) is 23.5. The number of carbonyl (C=O) groups is 5. The van der Waals surface area contributed by atoms with Gasteiger partial charge in [-0.05, 0) is 252 Å². The monoisotopic (exact) mass is 2010 g/mol. The van der Waals surface area contributed by atoms with E-state index in [2.05, 4.69) is 95.4 Å². The molecule has 3 saturated carbocycles.